The molecule has 0 heterocycles. The molecule has 510 valence electrons. The number of esters is 4. The van der Waals surface area contributed by atoms with E-state index < -0.39 is 97.5 Å². The van der Waals surface area contributed by atoms with E-state index in [0.29, 0.717) is 37.5 Å². The van der Waals surface area contributed by atoms with Crippen molar-refractivity contribution in [1.82, 2.24) is 0 Å². The first-order chi connectivity index (χ1) is 41.2. The van der Waals surface area contributed by atoms with Crippen molar-refractivity contribution < 1.29 is 80.2 Å². The molecule has 0 aromatic carbocycles. The zero-order valence-corrected chi connectivity index (χ0v) is 57.6. The van der Waals surface area contributed by atoms with Crippen molar-refractivity contribution >= 4 is 39.5 Å². The molecule has 0 aliphatic carbocycles. The molecule has 0 bridgehead atoms. The summed E-state index contributed by atoms with van der Waals surface area (Å²) in [5.74, 6) is -0.00642. The Morgan fingerprint density at radius 2 is 0.535 bits per heavy atom. The molecule has 0 aromatic heterocycles. The average molecular weight is 1270 g/mol. The highest BCUT2D eigenvalue weighted by Crippen LogP contribution is 2.45. The highest BCUT2D eigenvalue weighted by molar-refractivity contribution is 7.47. The van der Waals surface area contributed by atoms with Crippen LogP contribution in [0, 0.1) is 17.8 Å². The molecule has 0 amide bonds. The van der Waals surface area contributed by atoms with Crippen LogP contribution in [-0.2, 0) is 65.4 Å². The van der Waals surface area contributed by atoms with Gasteiger partial charge < -0.3 is 33.8 Å². The van der Waals surface area contributed by atoms with Crippen LogP contribution in [0.1, 0.15) is 331 Å². The molecule has 5 atom stereocenters. The average Bonchev–Trinajstić information content (AvgIpc) is 3.67. The normalized spacial score (nSPS) is 14.3. The summed E-state index contributed by atoms with van der Waals surface area (Å²) in [6, 6.07) is 0. The van der Waals surface area contributed by atoms with E-state index in [1.807, 2.05) is 0 Å². The Morgan fingerprint density at radius 1 is 0.314 bits per heavy atom. The van der Waals surface area contributed by atoms with Gasteiger partial charge in [0.1, 0.15) is 19.3 Å². The quantitative estimate of drug-likeness (QED) is 0.0222. The van der Waals surface area contributed by atoms with Gasteiger partial charge in [0.05, 0.1) is 26.4 Å². The van der Waals surface area contributed by atoms with Crippen LogP contribution in [-0.4, -0.2) is 96.7 Å². The maximum absolute atomic E-state index is 13.0. The van der Waals surface area contributed by atoms with Crippen molar-refractivity contribution in [2.75, 3.05) is 39.6 Å². The third-order valence-corrected chi connectivity index (χ3v) is 17.3. The minimum atomic E-state index is -4.95. The van der Waals surface area contributed by atoms with Gasteiger partial charge in [0, 0.05) is 25.7 Å². The van der Waals surface area contributed by atoms with Gasteiger partial charge in [0.15, 0.2) is 12.2 Å². The molecule has 0 spiro atoms. The van der Waals surface area contributed by atoms with Crippen LogP contribution < -0.4 is 0 Å². The molecule has 0 rings (SSSR count). The number of carbonyl (C=O) groups is 4. The maximum Gasteiger partial charge on any atom is 0.472 e. The predicted octanol–water partition coefficient (Wildman–Crippen LogP) is 18.7. The summed E-state index contributed by atoms with van der Waals surface area (Å²) in [5, 5.41) is 10.6. The van der Waals surface area contributed by atoms with Crippen LogP contribution in [0.2, 0.25) is 0 Å². The summed E-state index contributed by atoms with van der Waals surface area (Å²) < 4.78 is 68.1. The number of ether oxygens (including phenoxy) is 4. The van der Waals surface area contributed by atoms with Gasteiger partial charge in [-0.3, -0.25) is 37.3 Å². The topological polar surface area (TPSA) is 237 Å². The van der Waals surface area contributed by atoms with Gasteiger partial charge in [-0.25, -0.2) is 9.13 Å². The molecule has 0 aromatic rings. The third kappa shape index (κ3) is 60.9. The summed E-state index contributed by atoms with van der Waals surface area (Å²) in [7, 11) is -9.89. The molecular weight excluding hydrogens is 1140 g/mol. The first-order valence-electron chi connectivity index (χ1n) is 34.8. The van der Waals surface area contributed by atoms with E-state index in [4.69, 9.17) is 37.0 Å². The fourth-order valence-corrected chi connectivity index (χ4v) is 11.6. The smallest absolute Gasteiger partial charge is 0.462 e. The summed E-state index contributed by atoms with van der Waals surface area (Å²) in [6.45, 7) is 11.7. The van der Waals surface area contributed by atoms with Gasteiger partial charge in [-0.05, 0) is 43.4 Å². The van der Waals surface area contributed by atoms with E-state index in [0.717, 1.165) is 102 Å². The minimum absolute atomic E-state index is 0.102. The second-order valence-corrected chi connectivity index (χ2v) is 28.5. The molecule has 0 aliphatic heterocycles. The lowest BCUT2D eigenvalue weighted by Crippen LogP contribution is -2.30. The van der Waals surface area contributed by atoms with E-state index in [1.165, 1.54) is 135 Å². The lowest BCUT2D eigenvalue weighted by Gasteiger charge is -2.21. The van der Waals surface area contributed by atoms with Gasteiger partial charge in [0.25, 0.3) is 0 Å². The van der Waals surface area contributed by atoms with Crippen LogP contribution in [0.3, 0.4) is 0 Å². The fourth-order valence-electron chi connectivity index (χ4n) is 10.0. The van der Waals surface area contributed by atoms with Crippen molar-refractivity contribution in [3.05, 3.63) is 0 Å². The van der Waals surface area contributed by atoms with Crippen LogP contribution >= 0.6 is 15.6 Å². The molecule has 0 fully saturated rings. The number of unbranched alkanes of at least 4 members (excludes halogenated alkanes) is 33. The number of carbonyl (C=O) groups excluding carboxylic acids is 4. The molecule has 3 N–H and O–H groups in total. The Hall–Kier alpha value is -1.94. The Balaban J connectivity index is 5.24. The van der Waals surface area contributed by atoms with Crippen LogP contribution in [0.4, 0.5) is 0 Å². The van der Waals surface area contributed by atoms with E-state index in [-0.39, 0.29) is 25.7 Å². The van der Waals surface area contributed by atoms with Crippen LogP contribution in [0.25, 0.3) is 0 Å². The maximum atomic E-state index is 13.0. The summed E-state index contributed by atoms with van der Waals surface area (Å²) >= 11 is 0. The molecule has 17 nitrogen and oxygen atoms in total. The molecule has 19 heteroatoms. The molecular formula is C67H130O17P2. The van der Waals surface area contributed by atoms with Gasteiger partial charge in [-0.15, -0.1) is 0 Å². The largest absolute Gasteiger partial charge is 0.472 e. The number of rotatable bonds is 65. The number of hydrogen-bond donors (Lipinski definition) is 3. The summed E-state index contributed by atoms with van der Waals surface area (Å²) in [5.41, 5.74) is 0. The molecule has 0 aliphatic rings. The van der Waals surface area contributed by atoms with Gasteiger partial charge in [-0.2, -0.15) is 0 Å². The molecule has 0 saturated carbocycles. The SMILES string of the molecule is CCCCCCCCCCCCCCCCCC(=O)O[C@H](COC(=O)CCCCCCCCCCC(C)C)COP(=O)(O)OC[C@@H](O)COP(=O)(O)OC[C@@H](COC(=O)CCCCCCCCCC(C)C)OC(=O)CCCCCCCCCC(C)C. The van der Waals surface area contributed by atoms with Crippen molar-refractivity contribution in [2.24, 2.45) is 17.8 Å². The fraction of sp³-hybridized carbons (Fsp3) is 0.940. The highest BCUT2D eigenvalue weighted by atomic mass is 31.2. The Bertz CT molecular complexity index is 1700. The van der Waals surface area contributed by atoms with E-state index in [2.05, 4.69) is 48.5 Å². The Kier molecular flexibility index (Phi) is 56.9. The highest BCUT2D eigenvalue weighted by Gasteiger charge is 2.30. The van der Waals surface area contributed by atoms with Crippen molar-refractivity contribution in [2.45, 2.75) is 349 Å². The van der Waals surface area contributed by atoms with Crippen molar-refractivity contribution in [3.8, 4) is 0 Å². The lowest BCUT2D eigenvalue weighted by atomic mass is 10.0. The third-order valence-electron chi connectivity index (χ3n) is 15.4. The second-order valence-electron chi connectivity index (χ2n) is 25.6. The van der Waals surface area contributed by atoms with E-state index in [9.17, 15) is 43.2 Å². The number of phosphoric ester groups is 2. The van der Waals surface area contributed by atoms with Gasteiger partial charge >= 0.3 is 39.5 Å². The van der Waals surface area contributed by atoms with Gasteiger partial charge in [0.2, 0.25) is 0 Å². The monoisotopic (exact) mass is 1270 g/mol. The standard InChI is InChI=1S/C67H130O17P2/c1-8-9-10-11-12-13-14-15-16-17-18-19-28-36-43-50-66(71)83-62(54-77-64(69)48-41-34-27-21-20-24-31-38-45-58(2)3)56-81-85(73,74)79-52-61(68)53-80-86(75,76)82-57-63(84-67(72)51-44-37-30-23-26-33-40-47-60(6)7)55-78-65(70)49-42-35-29-22-25-32-39-46-59(4)5/h58-63,68H,8-57H2,1-7H3,(H,73,74)(H,75,76)/t61-,62-,63-/m1/s1. The number of aliphatic hydroxyl groups excluding tert-OH is 1. The van der Waals surface area contributed by atoms with Crippen molar-refractivity contribution in [3.63, 3.8) is 0 Å². The van der Waals surface area contributed by atoms with E-state index >= 15 is 0 Å². The molecule has 0 radical (unpaired) electrons. The zero-order chi connectivity index (χ0) is 63.8. The minimum Gasteiger partial charge on any atom is -0.462 e. The second kappa shape index (κ2) is 58.2. The predicted molar refractivity (Wildman–Crippen MR) is 344 cm³/mol. The van der Waals surface area contributed by atoms with Crippen LogP contribution in [0.15, 0.2) is 0 Å². The van der Waals surface area contributed by atoms with Crippen molar-refractivity contribution in [1.29, 1.82) is 0 Å². The lowest BCUT2D eigenvalue weighted by molar-refractivity contribution is -0.161. The number of aliphatic hydroxyl groups is 1. The number of phosphoric acid groups is 2. The number of hydrogen-bond acceptors (Lipinski definition) is 15. The van der Waals surface area contributed by atoms with E-state index in [1.54, 1.807) is 0 Å². The molecule has 2 unspecified atom stereocenters. The summed E-state index contributed by atoms with van der Waals surface area (Å²) in [6.07, 6.45) is 40.5. The first-order valence-corrected chi connectivity index (χ1v) is 37.8. The first kappa shape index (κ1) is 84.1. The zero-order valence-electron chi connectivity index (χ0n) is 55.8. The molecule has 0 saturated heterocycles. The summed E-state index contributed by atoms with van der Waals surface area (Å²) in [4.78, 5) is 72.3. The molecule has 86 heavy (non-hydrogen) atoms. The van der Waals surface area contributed by atoms with Crippen LogP contribution in [0.5, 0.6) is 0 Å². The Labute approximate surface area is 524 Å². The van der Waals surface area contributed by atoms with Gasteiger partial charge in [-0.1, -0.05) is 280 Å². The Morgan fingerprint density at radius 3 is 0.791 bits per heavy atom.